The van der Waals surface area contributed by atoms with Gasteiger partial charge in [-0.05, 0) is 25.1 Å². The Kier molecular flexibility index (Phi) is 5.68. The summed E-state index contributed by atoms with van der Waals surface area (Å²) in [5, 5.41) is 3.79. The van der Waals surface area contributed by atoms with Crippen molar-refractivity contribution >= 4 is 33.7 Å². The predicted octanol–water partition coefficient (Wildman–Crippen LogP) is 3.55. The molecule has 7 nitrogen and oxygen atoms in total. The van der Waals surface area contributed by atoms with Crippen molar-refractivity contribution in [2.75, 3.05) is 45.3 Å². The lowest BCUT2D eigenvalue weighted by Gasteiger charge is -2.34. The van der Waals surface area contributed by atoms with Crippen molar-refractivity contribution in [3.05, 3.63) is 40.3 Å². The van der Waals surface area contributed by atoms with Gasteiger partial charge in [-0.2, -0.15) is 0 Å². The molecule has 1 saturated heterocycles. The minimum Gasteiger partial charge on any atom is -0.493 e. The summed E-state index contributed by atoms with van der Waals surface area (Å²) in [7, 11) is 3.21. The molecule has 3 aromatic rings. The van der Waals surface area contributed by atoms with Crippen LogP contribution in [0.4, 0.5) is 5.13 Å². The highest BCUT2D eigenvalue weighted by molar-refractivity contribution is 7.17. The van der Waals surface area contributed by atoms with Gasteiger partial charge in [0.2, 0.25) is 0 Å². The highest BCUT2D eigenvalue weighted by Crippen LogP contribution is 2.35. The fourth-order valence-corrected chi connectivity index (χ4v) is 5.03. The molecule has 0 radical (unpaired) electrons. The van der Waals surface area contributed by atoms with Crippen LogP contribution >= 0.6 is 22.7 Å². The minimum absolute atomic E-state index is 0.0468. The number of thiazole rings is 2. The van der Waals surface area contributed by atoms with Gasteiger partial charge in [-0.1, -0.05) is 0 Å². The predicted molar refractivity (Wildman–Crippen MR) is 116 cm³/mol. The highest BCUT2D eigenvalue weighted by atomic mass is 32.1. The number of aryl methyl sites for hydroxylation is 1. The third-order valence-electron chi connectivity index (χ3n) is 4.88. The first-order valence-electron chi connectivity index (χ1n) is 9.24. The number of aromatic nitrogens is 2. The SMILES string of the molecule is COc1ccc(-c2nc(C)c(C(=O)N3CCN(c4nccs4)CC3)s2)cc1OC. The van der Waals surface area contributed by atoms with E-state index in [1.165, 1.54) is 11.3 Å². The normalized spacial score (nSPS) is 14.2. The first kappa shape index (κ1) is 19.7. The lowest BCUT2D eigenvalue weighted by atomic mass is 10.2. The fourth-order valence-electron chi connectivity index (χ4n) is 3.30. The first-order valence-corrected chi connectivity index (χ1v) is 10.9. The molecule has 0 saturated carbocycles. The zero-order valence-corrected chi connectivity index (χ0v) is 18.2. The molecule has 0 bridgehead atoms. The molecule has 0 atom stereocenters. The van der Waals surface area contributed by atoms with E-state index in [0.29, 0.717) is 29.5 Å². The van der Waals surface area contributed by atoms with E-state index in [2.05, 4.69) is 14.9 Å². The van der Waals surface area contributed by atoms with E-state index in [-0.39, 0.29) is 5.91 Å². The molecule has 3 heterocycles. The third-order valence-corrected chi connectivity index (χ3v) is 6.90. The van der Waals surface area contributed by atoms with Crippen molar-refractivity contribution in [3.63, 3.8) is 0 Å². The summed E-state index contributed by atoms with van der Waals surface area (Å²) in [4.78, 5) is 26.9. The summed E-state index contributed by atoms with van der Waals surface area (Å²) in [6.45, 7) is 4.84. The summed E-state index contributed by atoms with van der Waals surface area (Å²) >= 11 is 3.05. The second kappa shape index (κ2) is 8.38. The first-order chi connectivity index (χ1) is 14.1. The topological polar surface area (TPSA) is 67.8 Å². The van der Waals surface area contributed by atoms with E-state index in [4.69, 9.17) is 9.47 Å². The summed E-state index contributed by atoms with van der Waals surface area (Å²) in [6, 6.07) is 5.67. The van der Waals surface area contributed by atoms with Crippen LogP contribution < -0.4 is 14.4 Å². The molecular weight excluding hydrogens is 408 g/mol. The maximum absolute atomic E-state index is 13.1. The van der Waals surface area contributed by atoms with Gasteiger partial charge in [0.15, 0.2) is 16.6 Å². The number of hydrogen-bond acceptors (Lipinski definition) is 8. The van der Waals surface area contributed by atoms with Crippen LogP contribution in [-0.4, -0.2) is 61.2 Å². The minimum atomic E-state index is 0.0468. The number of carbonyl (C=O) groups is 1. The third kappa shape index (κ3) is 3.92. The number of rotatable bonds is 5. The molecular formula is C20H22N4O3S2. The molecule has 0 N–H and O–H groups in total. The van der Waals surface area contributed by atoms with Crippen molar-refractivity contribution in [1.29, 1.82) is 0 Å². The largest absolute Gasteiger partial charge is 0.493 e. The van der Waals surface area contributed by atoms with E-state index in [0.717, 1.165) is 34.5 Å². The number of methoxy groups -OCH3 is 2. The quantitative estimate of drug-likeness (QED) is 0.617. The van der Waals surface area contributed by atoms with Gasteiger partial charge < -0.3 is 19.3 Å². The maximum Gasteiger partial charge on any atom is 0.265 e. The number of anilines is 1. The van der Waals surface area contributed by atoms with Crippen molar-refractivity contribution in [3.8, 4) is 22.1 Å². The van der Waals surface area contributed by atoms with E-state index < -0.39 is 0 Å². The van der Waals surface area contributed by atoms with Crippen molar-refractivity contribution < 1.29 is 14.3 Å². The van der Waals surface area contributed by atoms with Gasteiger partial charge in [-0.15, -0.1) is 22.7 Å². The number of amides is 1. The number of hydrogen-bond donors (Lipinski definition) is 0. The van der Waals surface area contributed by atoms with Gasteiger partial charge in [0, 0.05) is 43.3 Å². The summed E-state index contributed by atoms with van der Waals surface area (Å²) < 4.78 is 10.7. The summed E-state index contributed by atoms with van der Waals surface area (Å²) in [6.07, 6.45) is 1.81. The monoisotopic (exact) mass is 430 g/mol. The van der Waals surface area contributed by atoms with Crippen LogP contribution in [0.5, 0.6) is 11.5 Å². The average Bonchev–Trinajstić information content (AvgIpc) is 3.43. The molecule has 1 fully saturated rings. The van der Waals surface area contributed by atoms with Crippen LogP contribution in [0, 0.1) is 6.92 Å². The number of nitrogens with zero attached hydrogens (tertiary/aromatic N) is 4. The van der Waals surface area contributed by atoms with Gasteiger partial charge in [0.05, 0.1) is 19.9 Å². The van der Waals surface area contributed by atoms with Crippen LogP contribution in [0.25, 0.3) is 10.6 Å². The van der Waals surface area contributed by atoms with Gasteiger partial charge in [-0.3, -0.25) is 4.79 Å². The lowest BCUT2D eigenvalue weighted by molar-refractivity contribution is 0.0750. The molecule has 4 rings (SSSR count). The lowest BCUT2D eigenvalue weighted by Crippen LogP contribution is -2.48. The van der Waals surface area contributed by atoms with Crippen molar-refractivity contribution in [2.24, 2.45) is 0 Å². The number of benzene rings is 1. The van der Waals surface area contributed by atoms with Crippen LogP contribution in [0.15, 0.2) is 29.8 Å². The smallest absolute Gasteiger partial charge is 0.265 e. The Bertz CT molecular complexity index is 995. The fraction of sp³-hybridized carbons (Fsp3) is 0.350. The van der Waals surface area contributed by atoms with Crippen molar-refractivity contribution in [2.45, 2.75) is 6.92 Å². The zero-order chi connectivity index (χ0) is 20.4. The van der Waals surface area contributed by atoms with Crippen LogP contribution in [0.1, 0.15) is 15.4 Å². The van der Waals surface area contributed by atoms with E-state index in [9.17, 15) is 4.79 Å². The second-order valence-corrected chi connectivity index (χ2v) is 8.47. The Morgan fingerprint density at radius 1 is 1.10 bits per heavy atom. The average molecular weight is 431 g/mol. The number of ether oxygens (including phenoxy) is 2. The van der Waals surface area contributed by atoms with Crippen LogP contribution in [0.3, 0.4) is 0 Å². The van der Waals surface area contributed by atoms with Crippen molar-refractivity contribution in [1.82, 2.24) is 14.9 Å². The molecule has 1 aromatic carbocycles. The summed E-state index contributed by atoms with van der Waals surface area (Å²) in [5.74, 6) is 1.36. The van der Waals surface area contributed by atoms with Gasteiger partial charge in [-0.25, -0.2) is 9.97 Å². The van der Waals surface area contributed by atoms with E-state index in [1.54, 1.807) is 25.6 Å². The Labute approximate surface area is 177 Å². The molecule has 29 heavy (non-hydrogen) atoms. The van der Waals surface area contributed by atoms with Crippen LogP contribution in [-0.2, 0) is 0 Å². The maximum atomic E-state index is 13.1. The van der Waals surface area contributed by atoms with Crippen LogP contribution in [0.2, 0.25) is 0 Å². The molecule has 9 heteroatoms. The van der Waals surface area contributed by atoms with E-state index in [1.807, 2.05) is 41.6 Å². The molecule has 0 spiro atoms. The molecule has 1 aliphatic rings. The number of carbonyl (C=O) groups excluding carboxylic acids is 1. The zero-order valence-electron chi connectivity index (χ0n) is 16.5. The second-order valence-electron chi connectivity index (χ2n) is 6.60. The molecule has 0 unspecified atom stereocenters. The highest BCUT2D eigenvalue weighted by Gasteiger charge is 2.26. The summed E-state index contributed by atoms with van der Waals surface area (Å²) in [5.41, 5.74) is 1.66. The van der Waals surface area contributed by atoms with Gasteiger partial charge in [0.25, 0.3) is 5.91 Å². The molecule has 152 valence electrons. The molecule has 1 amide bonds. The van der Waals surface area contributed by atoms with Gasteiger partial charge in [0.1, 0.15) is 9.88 Å². The molecule has 1 aliphatic heterocycles. The van der Waals surface area contributed by atoms with E-state index >= 15 is 0 Å². The Hall–Kier alpha value is -2.65. The Morgan fingerprint density at radius 2 is 1.86 bits per heavy atom. The number of piperazine rings is 1. The molecule has 2 aromatic heterocycles. The Balaban J connectivity index is 1.50. The standard InChI is InChI=1S/C20H22N4O3S2/c1-13-17(19(25)23-7-9-24(10-8-23)20-21-6-11-28-20)29-18(22-13)14-4-5-15(26-2)16(12-14)27-3/h4-6,11-12H,7-10H2,1-3H3. The molecule has 0 aliphatic carbocycles. The van der Waals surface area contributed by atoms with Gasteiger partial charge >= 0.3 is 0 Å². The Morgan fingerprint density at radius 3 is 2.52 bits per heavy atom.